The van der Waals surface area contributed by atoms with Gasteiger partial charge in [0.15, 0.2) is 0 Å². The lowest BCUT2D eigenvalue weighted by Gasteiger charge is -2.13. The molecule has 1 aromatic heterocycles. The molecule has 0 bridgehead atoms. The van der Waals surface area contributed by atoms with Gasteiger partial charge < -0.3 is 16.2 Å². The molecule has 106 valence electrons. The van der Waals surface area contributed by atoms with Crippen LogP contribution in [0.3, 0.4) is 0 Å². The Kier molecular flexibility index (Phi) is 4.43. The van der Waals surface area contributed by atoms with Crippen molar-refractivity contribution in [2.75, 3.05) is 11.9 Å². The second-order valence-electron chi connectivity index (χ2n) is 4.38. The van der Waals surface area contributed by atoms with Crippen LogP contribution < -0.4 is 11.1 Å². The van der Waals surface area contributed by atoms with Crippen LogP contribution in [0.25, 0.3) is 0 Å². The molecule has 0 spiro atoms. The minimum Gasteiger partial charge on any atom is -0.381 e. The van der Waals surface area contributed by atoms with Crippen LogP contribution >= 0.6 is 0 Å². The van der Waals surface area contributed by atoms with Gasteiger partial charge in [-0.05, 0) is 20.8 Å². The molecule has 1 unspecified atom stereocenters. The molecule has 0 saturated carbocycles. The minimum atomic E-state index is -1.42. The van der Waals surface area contributed by atoms with Crippen molar-refractivity contribution in [2.24, 2.45) is 5.73 Å². The van der Waals surface area contributed by atoms with Crippen LogP contribution in [-0.2, 0) is 4.79 Å². The Bertz CT molecular complexity index is 496. The Labute approximate surface area is 109 Å². The number of nitrogens with two attached hydrogens (primary N) is 1. The molecule has 0 aliphatic carbocycles. The van der Waals surface area contributed by atoms with Gasteiger partial charge in [0.2, 0.25) is 11.7 Å². The number of aliphatic hydroxyl groups is 1. The summed E-state index contributed by atoms with van der Waals surface area (Å²) >= 11 is 0. The molecule has 19 heavy (non-hydrogen) atoms. The lowest BCUT2D eigenvalue weighted by Crippen LogP contribution is -2.34. The predicted octanol–water partition coefficient (Wildman–Crippen LogP) is -0.0613. The SMILES string of the molecule is Cc1nn(C(C)C)c(NCC(O)C(N)=O)c1[N+](=O)[O-]. The number of nitrogens with one attached hydrogen (secondary N) is 1. The first kappa shape index (κ1) is 14.9. The molecular weight excluding hydrogens is 254 g/mol. The molecule has 1 aromatic rings. The predicted molar refractivity (Wildman–Crippen MR) is 67.7 cm³/mol. The fourth-order valence-corrected chi connectivity index (χ4v) is 1.59. The Morgan fingerprint density at radius 1 is 1.63 bits per heavy atom. The zero-order valence-electron chi connectivity index (χ0n) is 11.0. The van der Waals surface area contributed by atoms with Gasteiger partial charge in [0.1, 0.15) is 11.8 Å². The quantitative estimate of drug-likeness (QED) is 0.489. The van der Waals surface area contributed by atoms with E-state index in [-0.39, 0.29) is 29.8 Å². The topological polar surface area (TPSA) is 136 Å². The number of nitro groups is 1. The number of amides is 1. The summed E-state index contributed by atoms with van der Waals surface area (Å²) in [7, 11) is 0. The number of nitrogens with zero attached hydrogens (tertiary/aromatic N) is 3. The molecule has 9 heteroatoms. The summed E-state index contributed by atoms with van der Waals surface area (Å²) in [4.78, 5) is 21.2. The Morgan fingerprint density at radius 3 is 2.63 bits per heavy atom. The number of aromatic nitrogens is 2. The van der Waals surface area contributed by atoms with Crippen LogP contribution in [0.15, 0.2) is 0 Å². The molecule has 0 saturated heterocycles. The van der Waals surface area contributed by atoms with Gasteiger partial charge in [0, 0.05) is 6.04 Å². The van der Waals surface area contributed by atoms with Crippen molar-refractivity contribution in [1.29, 1.82) is 0 Å². The van der Waals surface area contributed by atoms with E-state index in [4.69, 9.17) is 5.73 Å². The third-order valence-electron chi connectivity index (χ3n) is 2.52. The van der Waals surface area contributed by atoms with Gasteiger partial charge in [-0.2, -0.15) is 5.10 Å². The molecule has 4 N–H and O–H groups in total. The molecule has 1 amide bonds. The summed E-state index contributed by atoms with van der Waals surface area (Å²) in [5.41, 5.74) is 5.00. The monoisotopic (exact) mass is 271 g/mol. The second kappa shape index (κ2) is 5.65. The molecule has 1 heterocycles. The molecule has 0 aromatic carbocycles. The largest absolute Gasteiger partial charge is 0.381 e. The van der Waals surface area contributed by atoms with Crippen molar-refractivity contribution in [3.63, 3.8) is 0 Å². The van der Waals surface area contributed by atoms with Gasteiger partial charge in [-0.25, -0.2) is 4.68 Å². The van der Waals surface area contributed by atoms with Crippen molar-refractivity contribution in [3.8, 4) is 0 Å². The Balaban J connectivity index is 3.09. The number of rotatable bonds is 6. The fraction of sp³-hybridized carbons (Fsp3) is 0.600. The zero-order valence-corrected chi connectivity index (χ0v) is 11.0. The first-order valence-electron chi connectivity index (χ1n) is 5.70. The van der Waals surface area contributed by atoms with Crippen molar-refractivity contribution in [1.82, 2.24) is 9.78 Å². The Hall–Kier alpha value is -2.16. The molecule has 0 fully saturated rings. The first-order chi connectivity index (χ1) is 8.75. The van der Waals surface area contributed by atoms with Gasteiger partial charge >= 0.3 is 5.69 Å². The summed E-state index contributed by atoms with van der Waals surface area (Å²) in [6.07, 6.45) is -1.42. The first-order valence-corrected chi connectivity index (χ1v) is 5.70. The van der Waals surface area contributed by atoms with E-state index in [9.17, 15) is 20.0 Å². The van der Waals surface area contributed by atoms with Crippen molar-refractivity contribution in [2.45, 2.75) is 32.9 Å². The molecule has 0 aliphatic rings. The van der Waals surface area contributed by atoms with Crippen molar-refractivity contribution >= 4 is 17.4 Å². The normalized spacial score (nSPS) is 12.5. The lowest BCUT2D eigenvalue weighted by molar-refractivity contribution is -0.384. The van der Waals surface area contributed by atoms with Gasteiger partial charge in [-0.1, -0.05) is 0 Å². The van der Waals surface area contributed by atoms with Crippen LogP contribution in [0.4, 0.5) is 11.5 Å². The summed E-state index contributed by atoms with van der Waals surface area (Å²) < 4.78 is 1.43. The lowest BCUT2D eigenvalue weighted by atomic mass is 10.3. The number of aryl methyl sites for hydroxylation is 1. The maximum atomic E-state index is 11.0. The minimum absolute atomic E-state index is 0.111. The molecule has 0 radical (unpaired) electrons. The molecular formula is C10H17N5O4. The number of anilines is 1. The van der Waals surface area contributed by atoms with Gasteiger partial charge in [0.25, 0.3) is 0 Å². The molecule has 1 atom stereocenters. The molecule has 1 rings (SSSR count). The summed E-state index contributed by atoms with van der Waals surface area (Å²) in [6.45, 7) is 4.93. The highest BCUT2D eigenvalue weighted by molar-refractivity contribution is 5.79. The third kappa shape index (κ3) is 3.19. The van der Waals surface area contributed by atoms with E-state index in [1.807, 2.05) is 13.8 Å². The number of hydrogen-bond acceptors (Lipinski definition) is 6. The van der Waals surface area contributed by atoms with Crippen LogP contribution in [-0.4, -0.2) is 38.4 Å². The number of hydrogen-bond donors (Lipinski definition) is 3. The smallest absolute Gasteiger partial charge is 0.333 e. The van der Waals surface area contributed by atoms with Gasteiger partial charge in [0.05, 0.1) is 11.5 Å². The average molecular weight is 271 g/mol. The second-order valence-corrected chi connectivity index (χ2v) is 4.38. The summed E-state index contributed by atoms with van der Waals surface area (Å²) in [5, 5.41) is 27.1. The van der Waals surface area contributed by atoms with E-state index in [0.29, 0.717) is 0 Å². The highest BCUT2D eigenvalue weighted by atomic mass is 16.6. The van der Waals surface area contributed by atoms with Crippen LogP contribution in [0.2, 0.25) is 0 Å². The highest BCUT2D eigenvalue weighted by Crippen LogP contribution is 2.30. The van der Waals surface area contributed by atoms with E-state index in [1.54, 1.807) is 0 Å². The number of aliphatic hydroxyl groups excluding tert-OH is 1. The van der Waals surface area contributed by atoms with Crippen LogP contribution in [0.5, 0.6) is 0 Å². The van der Waals surface area contributed by atoms with Crippen LogP contribution in [0, 0.1) is 17.0 Å². The fourth-order valence-electron chi connectivity index (χ4n) is 1.59. The standard InChI is InChI=1S/C10H17N5O4/c1-5(2)14-10(12-4-7(16)9(11)17)8(15(18)19)6(3)13-14/h5,7,12,16H,4H2,1-3H3,(H2,11,17). The highest BCUT2D eigenvalue weighted by Gasteiger charge is 2.27. The van der Waals surface area contributed by atoms with E-state index >= 15 is 0 Å². The maximum Gasteiger partial charge on any atom is 0.333 e. The molecule has 0 aliphatic heterocycles. The third-order valence-corrected chi connectivity index (χ3v) is 2.52. The van der Waals surface area contributed by atoms with E-state index in [0.717, 1.165) is 0 Å². The van der Waals surface area contributed by atoms with Crippen molar-refractivity contribution in [3.05, 3.63) is 15.8 Å². The molecule has 9 nitrogen and oxygen atoms in total. The maximum absolute atomic E-state index is 11.0. The number of carbonyl (C=O) groups is 1. The van der Waals surface area contributed by atoms with E-state index in [2.05, 4.69) is 10.4 Å². The number of carbonyl (C=O) groups excluding carboxylic acids is 1. The van der Waals surface area contributed by atoms with Gasteiger partial charge in [-0.15, -0.1) is 0 Å². The number of primary amides is 1. The summed E-state index contributed by atoms with van der Waals surface area (Å²) in [5.74, 6) is -0.750. The van der Waals surface area contributed by atoms with E-state index < -0.39 is 16.9 Å². The zero-order chi connectivity index (χ0) is 14.7. The Morgan fingerprint density at radius 2 is 2.21 bits per heavy atom. The van der Waals surface area contributed by atoms with Gasteiger partial charge in [-0.3, -0.25) is 14.9 Å². The van der Waals surface area contributed by atoms with Crippen molar-refractivity contribution < 1.29 is 14.8 Å². The average Bonchev–Trinajstić information content (AvgIpc) is 2.62. The van der Waals surface area contributed by atoms with Crippen LogP contribution in [0.1, 0.15) is 25.6 Å². The summed E-state index contributed by atoms with van der Waals surface area (Å²) in [6, 6.07) is -0.111. The van der Waals surface area contributed by atoms with E-state index in [1.165, 1.54) is 11.6 Å².